The Balaban J connectivity index is 1.91. The topological polar surface area (TPSA) is 12.0 Å². The van der Waals surface area contributed by atoms with Gasteiger partial charge in [0.2, 0.25) is 0 Å². The van der Waals surface area contributed by atoms with Gasteiger partial charge in [-0.1, -0.05) is 24.3 Å². The maximum atomic E-state index is 13.6. The molecule has 2 aromatic carbocycles. The van der Waals surface area contributed by atoms with Gasteiger partial charge < -0.3 is 5.32 Å². The third kappa shape index (κ3) is 2.47. The first-order valence-corrected chi connectivity index (χ1v) is 7.47. The lowest BCUT2D eigenvalue weighted by atomic mass is 10.0. The molecule has 1 unspecified atom stereocenters. The molecule has 1 N–H and O–H groups in total. The number of thioether (sulfide) groups is 1. The second-order valence-electron chi connectivity index (χ2n) is 4.78. The molecule has 0 aromatic heterocycles. The molecule has 2 aromatic rings. The summed E-state index contributed by atoms with van der Waals surface area (Å²) in [7, 11) is 0. The second-order valence-corrected chi connectivity index (χ2v) is 5.92. The maximum absolute atomic E-state index is 13.6. The summed E-state index contributed by atoms with van der Waals surface area (Å²) in [6, 6.07) is 13.9. The molecule has 0 radical (unpaired) electrons. The van der Waals surface area contributed by atoms with Crippen LogP contribution in [0.4, 0.5) is 10.1 Å². The number of fused-ring (bicyclic) bond motifs is 1. The summed E-state index contributed by atoms with van der Waals surface area (Å²) in [5, 5.41) is 3.49. The minimum atomic E-state index is -0.150. The first-order valence-electron chi connectivity index (χ1n) is 6.49. The van der Waals surface area contributed by atoms with Gasteiger partial charge in [-0.2, -0.15) is 0 Å². The largest absolute Gasteiger partial charge is 0.378 e. The summed E-state index contributed by atoms with van der Waals surface area (Å²) >= 11 is 1.90. The molecule has 0 fully saturated rings. The monoisotopic (exact) mass is 273 g/mol. The number of rotatable bonds is 2. The number of benzene rings is 2. The average molecular weight is 273 g/mol. The van der Waals surface area contributed by atoms with Gasteiger partial charge in [-0.25, -0.2) is 4.39 Å². The molecule has 1 heterocycles. The number of nitrogens with one attached hydrogen (secondary N) is 1. The van der Waals surface area contributed by atoms with Crippen LogP contribution in [0.15, 0.2) is 47.4 Å². The molecular weight excluding hydrogens is 257 g/mol. The molecule has 3 rings (SSSR count). The molecule has 0 bridgehead atoms. The van der Waals surface area contributed by atoms with Crippen molar-refractivity contribution < 1.29 is 4.39 Å². The second kappa shape index (κ2) is 5.25. The average Bonchev–Trinajstić information content (AvgIpc) is 2.44. The summed E-state index contributed by atoms with van der Waals surface area (Å²) in [6.45, 7) is 1.82. The summed E-state index contributed by atoms with van der Waals surface area (Å²) in [5.41, 5.74) is 2.91. The van der Waals surface area contributed by atoms with Crippen molar-refractivity contribution in [2.24, 2.45) is 0 Å². The Kier molecular flexibility index (Phi) is 3.47. The van der Waals surface area contributed by atoms with Gasteiger partial charge in [0.1, 0.15) is 5.82 Å². The zero-order chi connectivity index (χ0) is 13.2. The highest BCUT2D eigenvalue weighted by molar-refractivity contribution is 7.99. The van der Waals surface area contributed by atoms with Crippen LogP contribution >= 0.6 is 11.8 Å². The van der Waals surface area contributed by atoms with Gasteiger partial charge in [-0.15, -0.1) is 11.8 Å². The molecule has 19 heavy (non-hydrogen) atoms. The van der Waals surface area contributed by atoms with Crippen molar-refractivity contribution in [1.29, 1.82) is 0 Å². The fourth-order valence-corrected chi connectivity index (χ4v) is 3.57. The highest BCUT2D eigenvalue weighted by Crippen LogP contribution is 2.38. The molecule has 0 saturated carbocycles. The predicted octanol–water partition coefficient (Wildman–Crippen LogP) is 4.78. The van der Waals surface area contributed by atoms with E-state index in [0.717, 1.165) is 17.9 Å². The lowest BCUT2D eigenvalue weighted by Crippen LogP contribution is -2.16. The number of halogens is 1. The van der Waals surface area contributed by atoms with E-state index in [1.54, 1.807) is 6.07 Å². The van der Waals surface area contributed by atoms with Gasteiger partial charge in [0.15, 0.2) is 0 Å². The molecular formula is C16H16FNS. The fourth-order valence-electron chi connectivity index (χ4n) is 2.44. The van der Waals surface area contributed by atoms with E-state index in [-0.39, 0.29) is 11.9 Å². The van der Waals surface area contributed by atoms with E-state index in [0.29, 0.717) is 5.56 Å². The van der Waals surface area contributed by atoms with Crippen molar-refractivity contribution >= 4 is 17.4 Å². The van der Waals surface area contributed by atoms with Crippen molar-refractivity contribution in [3.8, 4) is 0 Å². The summed E-state index contributed by atoms with van der Waals surface area (Å²) in [5.74, 6) is 0.951. The third-order valence-electron chi connectivity index (χ3n) is 3.56. The van der Waals surface area contributed by atoms with E-state index in [1.165, 1.54) is 16.5 Å². The minimum absolute atomic E-state index is 0.150. The van der Waals surface area contributed by atoms with Crippen molar-refractivity contribution in [1.82, 2.24) is 0 Å². The van der Waals surface area contributed by atoms with E-state index < -0.39 is 0 Å². The predicted molar refractivity (Wildman–Crippen MR) is 79.3 cm³/mol. The zero-order valence-corrected chi connectivity index (χ0v) is 11.6. The van der Waals surface area contributed by atoms with Crippen LogP contribution in [0.2, 0.25) is 0 Å². The maximum Gasteiger partial charge on any atom is 0.128 e. The lowest BCUT2D eigenvalue weighted by molar-refractivity contribution is 0.618. The summed E-state index contributed by atoms with van der Waals surface area (Å²) < 4.78 is 13.6. The van der Waals surface area contributed by atoms with Crippen LogP contribution < -0.4 is 5.32 Å². The molecule has 3 heteroatoms. The van der Waals surface area contributed by atoms with Gasteiger partial charge >= 0.3 is 0 Å². The van der Waals surface area contributed by atoms with E-state index in [4.69, 9.17) is 0 Å². The van der Waals surface area contributed by atoms with Gasteiger partial charge in [-0.05, 0) is 37.1 Å². The van der Waals surface area contributed by atoms with Gasteiger partial charge in [0.25, 0.3) is 0 Å². The summed E-state index contributed by atoms with van der Waals surface area (Å²) in [6.07, 6.45) is 1.07. The van der Waals surface area contributed by atoms with Crippen LogP contribution in [0.5, 0.6) is 0 Å². The minimum Gasteiger partial charge on any atom is -0.378 e. The van der Waals surface area contributed by atoms with Gasteiger partial charge in [0.05, 0.1) is 6.04 Å². The summed E-state index contributed by atoms with van der Waals surface area (Å²) in [4.78, 5) is 1.33. The first-order chi connectivity index (χ1) is 9.25. The lowest BCUT2D eigenvalue weighted by Gasteiger charge is -2.27. The Bertz CT molecular complexity index is 597. The Hall–Kier alpha value is -1.48. The van der Waals surface area contributed by atoms with Crippen LogP contribution in [-0.4, -0.2) is 5.75 Å². The van der Waals surface area contributed by atoms with Gasteiger partial charge in [0, 0.05) is 21.9 Å². The highest BCUT2D eigenvalue weighted by atomic mass is 32.2. The highest BCUT2D eigenvalue weighted by Gasteiger charge is 2.20. The Labute approximate surface area is 117 Å². The zero-order valence-electron chi connectivity index (χ0n) is 10.8. The molecule has 0 saturated heterocycles. The number of anilines is 1. The molecule has 1 atom stereocenters. The molecule has 1 aliphatic rings. The van der Waals surface area contributed by atoms with E-state index in [2.05, 4.69) is 29.6 Å². The van der Waals surface area contributed by atoms with E-state index >= 15 is 0 Å². The van der Waals surface area contributed by atoms with Crippen molar-refractivity contribution in [2.45, 2.75) is 24.3 Å². The van der Waals surface area contributed by atoms with Gasteiger partial charge in [-0.3, -0.25) is 0 Å². The van der Waals surface area contributed by atoms with Crippen LogP contribution in [0.3, 0.4) is 0 Å². The normalized spacial score (nSPS) is 17.9. The number of hydrogen-bond donors (Lipinski definition) is 1. The van der Waals surface area contributed by atoms with Crippen molar-refractivity contribution in [2.75, 3.05) is 11.1 Å². The smallest absolute Gasteiger partial charge is 0.128 e. The molecule has 0 aliphatic carbocycles. The SMILES string of the molecule is Cc1c(F)cccc1NC1CCSc2ccccc21. The van der Waals surface area contributed by atoms with Crippen LogP contribution in [0.1, 0.15) is 23.6 Å². The molecule has 1 aliphatic heterocycles. The standard InChI is InChI=1S/C16H16FNS/c1-11-13(17)6-4-7-14(11)18-15-9-10-19-16-8-3-2-5-12(15)16/h2-8,15,18H,9-10H2,1H3. The Morgan fingerprint density at radius 3 is 2.89 bits per heavy atom. The van der Waals surface area contributed by atoms with Crippen molar-refractivity contribution in [3.05, 3.63) is 59.4 Å². The molecule has 0 spiro atoms. The van der Waals surface area contributed by atoms with Crippen molar-refractivity contribution in [3.63, 3.8) is 0 Å². The molecule has 0 amide bonds. The third-order valence-corrected chi connectivity index (χ3v) is 4.68. The Morgan fingerprint density at radius 1 is 1.16 bits per heavy atom. The molecule has 1 nitrogen and oxygen atoms in total. The fraction of sp³-hybridized carbons (Fsp3) is 0.250. The van der Waals surface area contributed by atoms with E-state index in [1.807, 2.05) is 24.8 Å². The molecule has 98 valence electrons. The van der Waals surface area contributed by atoms with E-state index in [9.17, 15) is 4.39 Å². The number of hydrogen-bond acceptors (Lipinski definition) is 2. The Morgan fingerprint density at radius 2 is 2.00 bits per heavy atom. The quantitative estimate of drug-likeness (QED) is 0.844. The van der Waals surface area contributed by atoms with Crippen LogP contribution in [0.25, 0.3) is 0 Å². The van der Waals surface area contributed by atoms with Crippen LogP contribution in [-0.2, 0) is 0 Å². The first kappa shape index (κ1) is 12.5. The van der Waals surface area contributed by atoms with Crippen LogP contribution in [0, 0.1) is 12.7 Å².